The number of hydrogen-bond donors (Lipinski definition) is 2. The summed E-state index contributed by atoms with van der Waals surface area (Å²) in [7, 11) is 3.01. The van der Waals surface area contributed by atoms with Crippen LogP contribution >= 0.6 is 31.9 Å². The molecule has 8 heteroatoms. The van der Waals surface area contributed by atoms with E-state index in [1.54, 1.807) is 30.3 Å². The van der Waals surface area contributed by atoms with Gasteiger partial charge in [-0.3, -0.25) is 4.79 Å². The van der Waals surface area contributed by atoms with Crippen molar-refractivity contribution in [1.82, 2.24) is 5.43 Å². The zero-order valence-corrected chi connectivity index (χ0v) is 16.0. The first kappa shape index (κ1) is 18.3. The molecule has 126 valence electrons. The van der Waals surface area contributed by atoms with Crippen LogP contribution in [0.25, 0.3) is 0 Å². The summed E-state index contributed by atoms with van der Waals surface area (Å²) < 4.78 is 11.3. The van der Waals surface area contributed by atoms with E-state index >= 15 is 0 Å². The maximum Gasteiger partial charge on any atom is 0.275 e. The zero-order valence-electron chi connectivity index (χ0n) is 12.8. The second-order valence-electron chi connectivity index (χ2n) is 4.60. The Labute approximate surface area is 155 Å². The van der Waals surface area contributed by atoms with Gasteiger partial charge in [-0.25, -0.2) is 5.43 Å². The largest absolute Gasteiger partial charge is 0.506 e. The number of benzene rings is 2. The molecular weight excluding hydrogens is 444 g/mol. The van der Waals surface area contributed by atoms with E-state index in [0.717, 1.165) is 0 Å². The predicted octanol–water partition coefficient (Wildman–Crippen LogP) is 3.70. The molecule has 0 unspecified atom stereocenters. The minimum absolute atomic E-state index is 0.0964. The Bertz CT molecular complexity index is 771. The standard InChI is InChI=1S/C16H14Br2N2O4/c1-23-10-3-4-11(14(7-10)24-2)16(22)20-19-8-9-5-12(17)15(21)13(18)6-9/h3-8,21H,1-2H3,(H,20,22). The lowest BCUT2D eigenvalue weighted by Gasteiger charge is -2.09. The topological polar surface area (TPSA) is 80.2 Å². The third-order valence-corrected chi connectivity index (χ3v) is 4.28. The predicted molar refractivity (Wildman–Crippen MR) is 98.1 cm³/mol. The maximum absolute atomic E-state index is 12.2. The van der Waals surface area contributed by atoms with Gasteiger partial charge < -0.3 is 14.6 Å². The van der Waals surface area contributed by atoms with Gasteiger partial charge >= 0.3 is 0 Å². The highest BCUT2D eigenvalue weighted by Gasteiger charge is 2.12. The van der Waals surface area contributed by atoms with Gasteiger partial charge in [0.1, 0.15) is 17.2 Å². The van der Waals surface area contributed by atoms with Gasteiger partial charge in [0.25, 0.3) is 5.91 Å². The quantitative estimate of drug-likeness (QED) is 0.530. The van der Waals surface area contributed by atoms with Crippen molar-refractivity contribution < 1.29 is 19.4 Å². The van der Waals surface area contributed by atoms with Gasteiger partial charge in [-0.2, -0.15) is 5.10 Å². The Hall–Kier alpha value is -2.06. The lowest BCUT2D eigenvalue weighted by Crippen LogP contribution is -2.18. The molecule has 0 radical (unpaired) electrons. The fourth-order valence-electron chi connectivity index (χ4n) is 1.87. The first-order valence-corrected chi connectivity index (χ1v) is 8.28. The molecule has 0 saturated carbocycles. The van der Waals surface area contributed by atoms with Crippen molar-refractivity contribution in [2.75, 3.05) is 14.2 Å². The number of nitrogens with one attached hydrogen (secondary N) is 1. The van der Waals surface area contributed by atoms with Gasteiger partial charge in [-0.1, -0.05) is 0 Å². The molecule has 0 atom stereocenters. The van der Waals surface area contributed by atoms with E-state index in [1.807, 2.05) is 0 Å². The number of nitrogens with zero attached hydrogens (tertiary/aromatic N) is 1. The number of halogens is 2. The Morgan fingerprint density at radius 2 is 1.83 bits per heavy atom. The molecule has 2 rings (SSSR count). The molecule has 0 spiro atoms. The molecule has 0 saturated heterocycles. The molecule has 6 nitrogen and oxygen atoms in total. The third-order valence-electron chi connectivity index (χ3n) is 3.07. The Kier molecular flexibility index (Phi) is 6.22. The van der Waals surface area contributed by atoms with Crippen LogP contribution in [0, 0.1) is 0 Å². The highest BCUT2D eigenvalue weighted by molar-refractivity contribution is 9.11. The number of aromatic hydroxyl groups is 1. The summed E-state index contributed by atoms with van der Waals surface area (Å²) in [5, 5.41) is 13.6. The number of hydrazone groups is 1. The van der Waals surface area contributed by atoms with Crippen molar-refractivity contribution in [1.29, 1.82) is 0 Å². The number of hydrogen-bond acceptors (Lipinski definition) is 5. The number of phenols is 1. The van der Waals surface area contributed by atoms with Gasteiger partial charge in [0.05, 0.1) is 34.9 Å². The minimum atomic E-state index is -0.414. The molecule has 0 aliphatic heterocycles. The van der Waals surface area contributed by atoms with Crippen molar-refractivity contribution in [2.45, 2.75) is 0 Å². The summed E-state index contributed by atoms with van der Waals surface area (Å²) in [5.74, 6) is 0.657. The lowest BCUT2D eigenvalue weighted by molar-refractivity contribution is 0.0952. The number of carbonyl (C=O) groups excluding carboxylic acids is 1. The fraction of sp³-hybridized carbons (Fsp3) is 0.125. The van der Waals surface area contributed by atoms with Crippen molar-refractivity contribution in [3.05, 3.63) is 50.4 Å². The smallest absolute Gasteiger partial charge is 0.275 e. The van der Waals surface area contributed by atoms with Crippen molar-refractivity contribution in [3.63, 3.8) is 0 Å². The van der Waals surface area contributed by atoms with Crippen LogP contribution in [0.1, 0.15) is 15.9 Å². The average Bonchev–Trinajstić information content (AvgIpc) is 2.58. The number of rotatable bonds is 5. The van der Waals surface area contributed by atoms with Gasteiger partial charge in [-0.15, -0.1) is 0 Å². The van der Waals surface area contributed by atoms with E-state index < -0.39 is 5.91 Å². The summed E-state index contributed by atoms with van der Waals surface area (Å²) in [4.78, 5) is 12.2. The van der Waals surface area contributed by atoms with Gasteiger partial charge in [0.15, 0.2) is 0 Å². The molecule has 1 amide bonds. The van der Waals surface area contributed by atoms with Crippen molar-refractivity contribution in [2.24, 2.45) is 5.10 Å². The van der Waals surface area contributed by atoms with Crippen LogP contribution in [0.4, 0.5) is 0 Å². The molecule has 2 aromatic carbocycles. The molecule has 0 aromatic heterocycles. The van der Waals surface area contributed by atoms with Crippen LogP contribution in [-0.4, -0.2) is 31.4 Å². The molecule has 0 fully saturated rings. The van der Waals surface area contributed by atoms with Crippen molar-refractivity contribution in [3.8, 4) is 17.2 Å². The van der Waals surface area contributed by atoms with E-state index in [0.29, 0.717) is 31.6 Å². The average molecular weight is 458 g/mol. The van der Waals surface area contributed by atoms with Gasteiger partial charge in [0.2, 0.25) is 0 Å². The molecule has 0 bridgehead atoms. The molecule has 2 aromatic rings. The van der Waals surface area contributed by atoms with E-state index in [4.69, 9.17) is 9.47 Å². The minimum Gasteiger partial charge on any atom is -0.506 e. The molecular formula is C16H14Br2N2O4. The summed E-state index contributed by atoms with van der Waals surface area (Å²) in [6.07, 6.45) is 1.46. The highest BCUT2D eigenvalue weighted by Crippen LogP contribution is 2.32. The van der Waals surface area contributed by atoms with E-state index in [9.17, 15) is 9.90 Å². The number of amides is 1. The Balaban J connectivity index is 2.13. The Morgan fingerprint density at radius 1 is 1.17 bits per heavy atom. The normalized spacial score (nSPS) is 10.7. The molecule has 0 aliphatic carbocycles. The second-order valence-corrected chi connectivity index (χ2v) is 6.31. The molecule has 0 aliphatic rings. The summed E-state index contributed by atoms with van der Waals surface area (Å²) >= 11 is 6.46. The summed E-state index contributed by atoms with van der Waals surface area (Å²) in [6, 6.07) is 8.21. The first-order chi connectivity index (χ1) is 11.5. The van der Waals surface area contributed by atoms with Crippen LogP contribution < -0.4 is 14.9 Å². The number of carbonyl (C=O) groups is 1. The van der Waals surface area contributed by atoms with Gasteiger partial charge in [-0.05, 0) is 61.7 Å². The van der Waals surface area contributed by atoms with Gasteiger partial charge in [0, 0.05) is 6.07 Å². The SMILES string of the molecule is COc1ccc(C(=O)NN=Cc2cc(Br)c(O)c(Br)c2)c(OC)c1. The maximum atomic E-state index is 12.2. The fourth-order valence-corrected chi connectivity index (χ4v) is 3.09. The first-order valence-electron chi connectivity index (χ1n) is 6.69. The molecule has 2 N–H and O–H groups in total. The van der Waals surface area contributed by atoms with Crippen LogP contribution in [0.5, 0.6) is 17.2 Å². The monoisotopic (exact) mass is 456 g/mol. The second kappa shape index (κ2) is 8.16. The Morgan fingerprint density at radius 3 is 2.42 bits per heavy atom. The van der Waals surface area contributed by atoms with Crippen LogP contribution in [0.2, 0.25) is 0 Å². The van der Waals surface area contributed by atoms with Crippen LogP contribution in [0.15, 0.2) is 44.4 Å². The van der Waals surface area contributed by atoms with Crippen LogP contribution in [-0.2, 0) is 0 Å². The number of phenolic OH excluding ortho intramolecular Hbond substituents is 1. The molecule has 24 heavy (non-hydrogen) atoms. The lowest BCUT2D eigenvalue weighted by atomic mass is 10.2. The van der Waals surface area contributed by atoms with E-state index in [2.05, 4.69) is 42.4 Å². The highest BCUT2D eigenvalue weighted by atomic mass is 79.9. The third kappa shape index (κ3) is 4.27. The zero-order chi connectivity index (χ0) is 17.7. The summed E-state index contributed by atoms with van der Waals surface area (Å²) in [5.41, 5.74) is 3.45. The van der Waals surface area contributed by atoms with Crippen LogP contribution in [0.3, 0.4) is 0 Å². The number of methoxy groups -OCH3 is 2. The number of ether oxygens (including phenoxy) is 2. The van der Waals surface area contributed by atoms with Crippen molar-refractivity contribution >= 4 is 44.0 Å². The van der Waals surface area contributed by atoms with E-state index in [-0.39, 0.29) is 5.75 Å². The molecule has 0 heterocycles. The van der Waals surface area contributed by atoms with E-state index in [1.165, 1.54) is 20.4 Å². The summed E-state index contributed by atoms with van der Waals surface area (Å²) in [6.45, 7) is 0.